The molecule has 0 aliphatic carbocycles. The Hall–Kier alpha value is -2.12. The molecule has 0 aliphatic heterocycles. The van der Waals surface area contributed by atoms with E-state index in [2.05, 4.69) is 4.72 Å². The van der Waals surface area contributed by atoms with Crippen LogP contribution in [0.4, 0.5) is 4.39 Å². The fourth-order valence-electron chi connectivity index (χ4n) is 2.17. The molecule has 0 amide bonds. The van der Waals surface area contributed by atoms with Crippen molar-refractivity contribution < 1.29 is 22.3 Å². The molecule has 23 heavy (non-hydrogen) atoms. The summed E-state index contributed by atoms with van der Waals surface area (Å²) in [7, 11) is -0.599. The van der Waals surface area contributed by atoms with Gasteiger partial charge in [0.25, 0.3) is 0 Å². The maximum Gasteiger partial charge on any atom is 0.240 e. The van der Waals surface area contributed by atoms with Crippen molar-refractivity contribution in [2.24, 2.45) is 0 Å². The van der Waals surface area contributed by atoms with E-state index in [1.807, 2.05) is 12.1 Å². The molecule has 1 N–H and O–H groups in total. The molecular weight excluding hydrogens is 321 g/mol. The number of sulfonamides is 1. The van der Waals surface area contributed by atoms with Crippen molar-refractivity contribution in [3.8, 4) is 11.5 Å². The van der Waals surface area contributed by atoms with E-state index >= 15 is 0 Å². The fourth-order valence-corrected chi connectivity index (χ4v) is 3.20. The number of hydrogen-bond acceptors (Lipinski definition) is 4. The van der Waals surface area contributed by atoms with Crippen LogP contribution >= 0.6 is 0 Å². The number of para-hydroxylation sites is 1. The third-order valence-electron chi connectivity index (χ3n) is 3.29. The molecule has 7 heteroatoms. The van der Waals surface area contributed by atoms with Crippen LogP contribution in [0.25, 0.3) is 0 Å². The van der Waals surface area contributed by atoms with E-state index in [0.717, 1.165) is 17.7 Å². The first-order valence-electron chi connectivity index (χ1n) is 6.93. The summed E-state index contributed by atoms with van der Waals surface area (Å²) in [5.74, 6) is 0.687. The first kappa shape index (κ1) is 17.2. The molecule has 0 aromatic heterocycles. The summed E-state index contributed by atoms with van der Waals surface area (Å²) < 4.78 is 50.1. The third-order valence-corrected chi connectivity index (χ3v) is 4.77. The highest BCUT2D eigenvalue weighted by Crippen LogP contribution is 2.30. The number of methoxy groups -OCH3 is 2. The number of benzene rings is 2. The second-order valence-electron chi connectivity index (χ2n) is 4.75. The molecule has 2 aromatic carbocycles. The van der Waals surface area contributed by atoms with Crippen LogP contribution in [0.3, 0.4) is 0 Å². The number of rotatable bonds is 7. The highest BCUT2D eigenvalue weighted by atomic mass is 32.2. The zero-order valence-electron chi connectivity index (χ0n) is 12.9. The highest BCUT2D eigenvalue weighted by molar-refractivity contribution is 7.89. The minimum absolute atomic E-state index is 0.0245. The first-order valence-corrected chi connectivity index (χ1v) is 8.41. The lowest BCUT2D eigenvalue weighted by molar-refractivity contribution is 0.351. The zero-order chi connectivity index (χ0) is 16.9. The van der Waals surface area contributed by atoms with Gasteiger partial charge in [-0.3, -0.25) is 0 Å². The molecule has 0 radical (unpaired) electrons. The lowest BCUT2D eigenvalue weighted by Gasteiger charge is -2.13. The second-order valence-corrected chi connectivity index (χ2v) is 6.52. The smallest absolute Gasteiger partial charge is 0.240 e. The van der Waals surface area contributed by atoms with Crippen molar-refractivity contribution in [3.63, 3.8) is 0 Å². The molecule has 0 spiro atoms. The summed E-state index contributed by atoms with van der Waals surface area (Å²) in [4.78, 5) is 0.0245. The molecule has 2 aromatic rings. The summed E-state index contributed by atoms with van der Waals surface area (Å²) in [5.41, 5.74) is 0.827. The van der Waals surface area contributed by atoms with Crippen molar-refractivity contribution in [1.29, 1.82) is 0 Å². The monoisotopic (exact) mass is 339 g/mol. The van der Waals surface area contributed by atoms with Gasteiger partial charge in [-0.05, 0) is 42.3 Å². The Morgan fingerprint density at radius 2 is 1.74 bits per heavy atom. The molecule has 5 nitrogen and oxygen atoms in total. The maximum absolute atomic E-state index is 12.9. The van der Waals surface area contributed by atoms with Crippen LogP contribution in [-0.2, 0) is 16.4 Å². The molecule has 2 rings (SSSR count). The van der Waals surface area contributed by atoms with Gasteiger partial charge in [-0.1, -0.05) is 12.1 Å². The lowest BCUT2D eigenvalue weighted by Crippen LogP contribution is -2.26. The van der Waals surface area contributed by atoms with Gasteiger partial charge in [0.05, 0.1) is 19.1 Å². The average molecular weight is 339 g/mol. The SMILES string of the molecule is COc1cccc(CCNS(=O)(=O)c2ccc(F)cc2)c1OC. The van der Waals surface area contributed by atoms with E-state index in [-0.39, 0.29) is 11.4 Å². The Morgan fingerprint density at radius 3 is 2.35 bits per heavy atom. The van der Waals surface area contributed by atoms with Gasteiger partial charge >= 0.3 is 0 Å². The molecule has 124 valence electrons. The number of ether oxygens (including phenoxy) is 2. The summed E-state index contributed by atoms with van der Waals surface area (Å²) in [5, 5.41) is 0. The van der Waals surface area contributed by atoms with Crippen molar-refractivity contribution in [2.45, 2.75) is 11.3 Å². The Balaban J connectivity index is 2.06. The van der Waals surface area contributed by atoms with Crippen LogP contribution in [0.15, 0.2) is 47.4 Å². The molecule has 0 atom stereocenters. The van der Waals surface area contributed by atoms with Gasteiger partial charge in [0, 0.05) is 6.54 Å². The molecule has 0 heterocycles. The molecule has 0 saturated carbocycles. The van der Waals surface area contributed by atoms with E-state index in [1.165, 1.54) is 19.2 Å². The van der Waals surface area contributed by atoms with Gasteiger partial charge in [-0.15, -0.1) is 0 Å². The Bertz CT molecular complexity index is 760. The number of halogens is 1. The van der Waals surface area contributed by atoms with Gasteiger partial charge in [0.2, 0.25) is 10.0 Å². The Labute approximate surface area is 135 Å². The molecule has 0 aliphatic rings. The first-order chi connectivity index (χ1) is 11.0. The van der Waals surface area contributed by atoms with E-state index < -0.39 is 15.8 Å². The van der Waals surface area contributed by atoms with Crippen LogP contribution in [0.5, 0.6) is 11.5 Å². The number of hydrogen-bond donors (Lipinski definition) is 1. The summed E-state index contributed by atoms with van der Waals surface area (Å²) in [6.45, 7) is 0.184. The van der Waals surface area contributed by atoms with E-state index in [9.17, 15) is 12.8 Å². The summed E-state index contributed by atoms with van der Waals surface area (Å²) in [6.07, 6.45) is 0.431. The molecular formula is C16H18FNO4S. The van der Waals surface area contributed by atoms with Crippen LogP contribution in [0.2, 0.25) is 0 Å². The predicted molar refractivity (Wildman–Crippen MR) is 84.8 cm³/mol. The highest BCUT2D eigenvalue weighted by Gasteiger charge is 2.15. The predicted octanol–water partition coefficient (Wildman–Crippen LogP) is 2.36. The zero-order valence-corrected chi connectivity index (χ0v) is 13.7. The van der Waals surface area contributed by atoms with Crippen molar-refractivity contribution in [1.82, 2.24) is 4.72 Å². The van der Waals surface area contributed by atoms with Crippen LogP contribution < -0.4 is 14.2 Å². The molecule has 0 fully saturated rings. The van der Waals surface area contributed by atoms with E-state index in [1.54, 1.807) is 13.2 Å². The Kier molecular flexibility index (Phi) is 5.57. The van der Waals surface area contributed by atoms with E-state index in [0.29, 0.717) is 17.9 Å². The lowest BCUT2D eigenvalue weighted by atomic mass is 10.1. The third kappa shape index (κ3) is 4.20. The summed E-state index contributed by atoms with van der Waals surface area (Å²) >= 11 is 0. The maximum atomic E-state index is 12.9. The average Bonchev–Trinajstić information content (AvgIpc) is 2.54. The fraction of sp³-hybridized carbons (Fsp3) is 0.250. The molecule has 0 bridgehead atoms. The molecule has 0 saturated heterocycles. The molecule has 0 unspecified atom stereocenters. The van der Waals surface area contributed by atoms with Crippen molar-refractivity contribution in [3.05, 3.63) is 53.8 Å². The van der Waals surface area contributed by atoms with Gasteiger partial charge in [0.1, 0.15) is 5.82 Å². The quantitative estimate of drug-likeness (QED) is 0.841. The van der Waals surface area contributed by atoms with Gasteiger partial charge in [-0.25, -0.2) is 17.5 Å². The van der Waals surface area contributed by atoms with Gasteiger partial charge in [-0.2, -0.15) is 0 Å². The van der Waals surface area contributed by atoms with Crippen LogP contribution in [-0.4, -0.2) is 29.2 Å². The van der Waals surface area contributed by atoms with Crippen LogP contribution in [0, 0.1) is 5.82 Å². The van der Waals surface area contributed by atoms with Crippen molar-refractivity contribution in [2.75, 3.05) is 20.8 Å². The van der Waals surface area contributed by atoms with Gasteiger partial charge in [0.15, 0.2) is 11.5 Å². The second kappa shape index (κ2) is 7.43. The normalized spacial score (nSPS) is 11.3. The van der Waals surface area contributed by atoms with E-state index in [4.69, 9.17) is 9.47 Å². The standard InChI is InChI=1S/C16H18FNO4S/c1-21-15-5-3-4-12(16(15)22-2)10-11-18-23(19,20)14-8-6-13(17)7-9-14/h3-9,18H,10-11H2,1-2H3. The van der Waals surface area contributed by atoms with Gasteiger partial charge < -0.3 is 9.47 Å². The van der Waals surface area contributed by atoms with Crippen molar-refractivity contribution >= 4 is 10.0 Å². The Morgan fingerprint density at radius 1 is 1.04 bits per heavy atom. The topological polar surface area (TPSA) is 64.6 Å². The minimum atomic E-state index is -3.67. The summed E-state index contributed by atoms with van der Waals surface area (Å²) in [6, 6.07) is 10.1. The van der Waals surface area contributed by atoms with Crippen LogP contribution in [0.1, 0.15) is 5.56 Å². The minimum Gasteiger partial charge on any atom is -0.493 e. The largest absolute Gasteiger partial charge is 0.493 e. The number of nitrogens with one attached hydrogen (secondary N) is 1.